The lowest BCUT2D eigenvalue weighted by Crippen LogP contribution is -2.51. The predicted molar refractivity (Wildman–Crippen MR) is 74.0 cm³/mol. The molecule has 102 valence electrons. The van der Waals surface area contributed by atoms with Crippen LogP contribution in [0.4, 0.5) is 0 Å². The van der Waals surface area contributed by atoms with Crippen LogP contribution in [0.5, 0.6) is 0 Å². The third kappa shape index (κ3) is 2.27. The summed E-state index contributed by atoms with van der Waals surface area (Å²) in [5.74, 6) is -0.0796. The Morgan fingerprint density at radius 1 is 1.42 bits per heavy atom. The number of rotatable bonds is 2. The van der Waals surface area contributed by atoms with Crippen molar-refractivity contribution in [3.05, 3.63) is 34.9 Å². The lowest BCUT2D eigenvalue weighted by Gasteiger charge is -2.43. The van der Waals surface area contributed by atoms with Crippen molar-refractivity contribution in [3.8, 4) is 0 Å². The van der Waals surface area contributed by atoms with Gasteiger partial charge in [-0.2, -0.15) is 0 Å². The summed E-state index contributed by atoms with van der Waals surface area (Å²) in [4.78, 5) is 14.1. The van der Waals surface area contributed by atoms with Crippen LogP contribution >= 0.6 is 0 Å². The molecule has 1 heterocycles. The minimum Gasteiger partial charge on any atom is -0.455 e. The SMILES string of the molecule is CCCN1CC(=O)O[C@@H]2c3cc(C)ccc3CC[C@H]21. The van der Waals surface area contributed by atoms with Gasteiger partial charge in [0.15, 0.2) is 0 Å². The number of morpholine rings is 1. The zero-order valence-corrected chi connectivity index (χ0v) is 11.7. The van der Waals surface area contributed by atoms with E-state index in [9.17, 15) is 4.79 Å². The predicted octanol–water partition coefficient (Wildman–Crippen LogP) is 2.62. The van der Waals surface area contributed by atoms with Crippen molar-refractivity contribution in [2.24, 2.45) is 0 Å². The maximum atomic E-state index is 11.8. The fourth-order valence-electron chi connectivity index (χ4n) is 3.38. The summed E-state index contributed by atoms with van der Waals surface area (Å²) in [5.41, 5.74) is 3.81. The van der Waals surface area contributed by atoms with Crippen molar-refractivity contribution < 1.29 is 9.53 Å². The molecule has 1 aliphatic carbocycles. The average Bonchev–Trinajstić information content (AvgIpc) is 2.39. The molecule has 0 amide bonds. The largest absolute Gasteiger partial charge is 0.455 e. The highest BCUT2D eigenvalue weighted by Gasteiger charge is 2.40. The van der Waals surface area contributed by atoms with Crippen LogP contribution in [0.2, 0.25) is 0 Å². The summed E-state index contributed by atoms with van der Waals surface area (Å²) in [7, 11) is 0. The highest BCUT2D eigenvalue weighted by Crippen LogP contribution is 2.38. The zero-order valence-electron chi connectivity index (χ0n) is 11.7. The molecule has 3 heteroatoms. The van der Waals surface area contributed by atoms with Gasteiger partial charge in [-0.15, -0.1) is 0 Å². The lowest BCUT2D eigenvalue weighted by atomic mass is 9.83. The van der Waals surface area contributed by atoms with Crippen LogP contribution < -0.4 is 0 Å². The molecule has 0 bridgehead atoms. The third-order valence-corrected chi connectivity index (χ3v) is 4.24. The first kappa shape index (κ1) is 12.7. The van der Waals surface area contributed by atoms with E-state index in [1.54, 1.807) is 0 Å². The average molecular weight is 259 g/mol. The smallest absolute Gasteiger partial charge is 0.320 e. The number of benzene rings is 1. The number of carbonyl (C=O) groups excluding carboxylic acids is 1. The van der Waals surface area contributed by atoms with Gasteiger partial charge in [-0.3, -0.25) is 9.69 Å². The number of fused-ring (bicyclic) bond motifs is 3. The molecule has 1 aliphatic heterocycles. The van der Waals surface area contributed by atoms with Gasteiger partial charge in [0.05, 0.1) is 12.6 Å². The van der Waals surface area contributed by atoms with Gasteiger partial charge in [0.25, 0.3) is 0 Å². The number of aryl methyl sites for hydroxylation is 2. The highest BCUT2D eigenvalue weighted by atomic mass is 16.5. The van der Waals surface area contributed by atoms with Gasteiger partial charge in [0.2, 0.25) is 0 Å². The van der Waals surface area contributed by atoms with Crippen molar-refractivity contribution in [2.75, 3.05) is 13.1 Å². The summed E-state index contributed by atoms with van der Waals surface area (Å²) in [6, 6.07) is 6.89. The molecular weight excluding hydrogens is 238 g/mol. The maximum Gasteiger partial charge on any atom is 0.320 e. The normalized spacial score (nSPS) is 26.5. The van der Waals surface area contributed by atoms with Crippen LogP contribution in [0.3, 0.4) is 0 Å². The Morgan fingerprint density at radius 3 is 3.05 bits per heavy atom. The highest BCUT2D eigenvalue weighted by molar-refractivity contribution is 5.73. The first-order valence-electron chi connectivity index (χ1n) is 7.22. The quantitative estimate of drug-likeness (QED) is 0.765. The molecule has 0 N–H and O–H groups in total. The first-order chi connectivity index (χ1) is 9.19. The summed E-state index contributed by atoms with van der Waals surface area (Å²) in [5, 5.41) is 0. The van der Waals surface area contributed by atoms with Crippen LogP contribution in [-0.2, 0) is 16.0 Å². The van der Waals surface area contributed by atoms with Crippen molar-refractivity contribution >= 4 is 5.97 Å². The second-order valence-corrected chi connectivity index (χ2v) is 5.69. The molecule has 3 nitrogen and oxygen atoms in total. The van der Waals surface area contributed by atoms with Gasteiger partial charge in [-0.25, -0.2) is 0 Å². The fraction of sp³-hybridized carbons (Fsp3) is 0.562. The first-order valence-corrected chi connectivity index (χ1v) is 7.22. The molecule has 0 saturated carbocycles. The van der Waals surface area contributed by atoms with Gasteiger partial charge in [-0.05, 0) is 43.9 Å². The minimum atomic E-state index is -0.0796. The molecule has 3 rings (SSSR count). The standard InChI is InChI=1S/C16H21NO2/c1-3-8-17-10-15(18)19-16-13-9-11(2)4-5-12(13)6-7-14(16)17/h4-5,9,14,16H,3,6-8,10H2,1-2H3/t14-,16-/m1/s1. The summed E-state index contributed by atoms with van der Waals surface area (Å²) in [6.07, 6.45) is 3.20. The summed E-state index contributed by atoms with van der Waals surface area (Å²) in [6.45, 7) is 5.70. The number of ether oxygens (including phenoxy) is 1. The molecule has 0 spiro atoms. The van der Waals surface area contributed by atoms with E-state index < -0.39 is 0 Å². The zero-order chi connectivity index (χ0) is 13.4. The van der Waals surface area contributed by atoms with Gasteiger partial charge in [-0.1, -0.05) is 30.7 Å². The van der Waals surface area contributed by atoms with Crippen LogP contribution in [0, 0.1) is 6.92 Å². The Morgan fingerprint density at radius 2 is 2.26 bits per heavy atom. The number of hydrogen-bond acceptors (Lipinski definition) is 3. The van der Waals surface area contributed by atoms with E-state index in [4.69, 9.17) is 4.74 Å². The molecular formula is C16H21NO2. The monoisotopic (exact) mass is 259 g/mol. The second-order valence-electron chi connectivity index (χ2n) is 5.69. The van der Waals surface area contributed by atoms with E-state index in [1.165, 1.54) is 16.7 Å². The number of carbonyl (C=O) groups is 1. The van der Waals surface area contributed by atoms with Gasteiger partial charge >= 0.3 is 5.97 Å². The fourth-order valence-corrected chi connectivity index (χ4v) is 3.38. The minimum absolute atomic E-state index is 0.0588. The Kier molecular flexibility index (Phi) is 3.31. The van der Waals surface area contributed by atoms with Crippen LogP contribution in [-0.4, -0.2) is 30.0 Å². The van der Waals surface area contributed by atoms with E-state index >= 15 is 0 Å². The third-order valence-electron chi connectivity index (χ3n) is 4.24. The Balaban J connectivity index is 1.96. The Labute approximate surface area is 114 Å². The van der Waals surface area contributed by atoms with Gasteiger partial charge in [0, 0.05) is 0 Å². The molecule has 2 atom stereocenters. The van der Waals surface area contributed by atoms with Gasteiger partial charge in [0.1, 0.15) is 6.10 Å². The summed E-state index contributed by atoms with van der Waals surface area (Å²) < 4.78 is 5.67. The van der Waals surface area contributed by atoms with E-state index in [-0.39, 0.29) is 12.1 Å². The molecule has 1 aromatic carbocycles. The van der Waals surface area contributed by atoms with Crippen molar-refractivity contribution in [1.29, 1.82) is 0 Å². The van der Waals surface area contributed by atoms with E-state index in [0.29, 0.717) is 12.6 Å². The number of hydrogen-bond donors (Lipinski definition) is 0. The van der Waals surface area contributed by atoms with Gasteiger partial charge < -0.3 is 4.74 Å². The van der Waals surface area contributed by atoms with E-state index in [0.717, 1.165) is 25.8 Å². The topological polar surface area (TPSA) is 29.5 Å². The number of esters is 1. The Bertz CT molecular complexity index is 498. The summed E-state index contributed by atoms with van der Waals surface area (Å²) >= 11 is 0. The molecule has 1 saturated heterocycles. The Hall–Kier alpha value is -1.35. The second kappa shape index (κ2) is 4.97. The van der Waals surface area contributed by atoms with E-state index in [1.807, 2.05) is 0 Å². The maximum absolute atomic E-state index is 11.8. The molecule has 0 unspecified atom stereocenters. The van der Waals surface area contributed by atoms with Crippen molar-refractivity contribution in [2.45, 2.75) is 45.3 Å². The molecule has 1 fully saturated rings. The lowest BCUT2D eigenvalue weighted by molar-refractivity contribution is -0.167. The van der Waals surface area contributed by atoms with Crippen LogP contribution in [0.15, 0.2) is 18.2 Å². The molecule has 2 aliphatic rings. The molecule has 0 radical (unpaired) electrons. The van der Waals surface area contributed by atoms with E-state index in [2.05, 4.69) is 36.9 Å². The van der Waals surface area contributed by atoms with Crippen molar-refractivity contribution in [1.82, 2.24) is 4.90 Å². The molecule has 0 aromatic heterocycles. The molecule has 19 heavy (non-hydrogen) atoms. The number of nitrogens with zero attached hydrogens (tertiary/aromatic N) is 1. The van der Waals surface area contributed by atoms with Crippen LogP contribution in [0.1, 0.15) is 42.6 Å². The van der Waals surface area contributed by atoms with Crippen molar-refractivity contribution in [3.63, 3.8) is 0 Å². The molecule has 1 aromatic rings. The van der Waals surface area contributed by atoms with Crippen LogP contribution in [0.25, 0.3) is 0 Å².